The van der Waals surface area contributed by atoms with E-state index >= 15 is 0 Å². The molecule has 0 aromatic carbocycles. The molecule has 0 heterocycles. The van der Waals surface area contributed by atoms with Crippen LogP contribution in [-0.2, 0) is 9.59 Å². The third-order valence-corrected chi connectivity index (χ3v) is 2.97. The maximum atomic E-state index is 12.0. The van der Waals surface area contributed by atoms with Crippen LogP contribution in [0.15, 0.2) is 0 Å². The van der Waals surface area contributed by atoms with E-state index in [4.69, 9.17) is 10.8 Å². The zero-order chi connectivity index (χ0) is 12.8. The van der Waals surface area contributed by atoms with Crippen LogP contribution in [0.2, 0.25) is 0 Å². The summed E-state index contributed by atoms with van der Waals surface area (Å²) in [7, 11) is 0. The molecule has 1 rings (SSSR count). The number of nitrogens with zero attached hydrogens (tertiary/aromatic N) is 1. The molecule has 1 aliphatic rings. The van der Waals surface area contributed by atoms with Crippen molar-refractivity contribution in [2.45, 2.75) is 57.5 Å². The summed E-state index contributed by atoms with van der Waals surface area (Å²) in [6, 6.07) is 0.161. The first-order chi connectivity index (χ1) is 8.04. The smallest absolute Gasteiger partial charge is 0.305 e. The van der Waals surface area contributed by atoms with Gasteiger partial charge in [-0.2, -0.15) is 0 Å². The molecule has 17 heavy (non-hydrogen) atoms. The van der Waals surface area contributed by atoms with Gasteiger partial charge in [0, 0.05) is 25.0 Å². The monoisotopic (exact) mass is 242 g/mol. The summed E-state index contributed by atoms with van der Waals surface area (Å²) in [5.41, 5.74) is 5.84. The Balaban J connectivity index is 2.40. The highest BCUT2D eigenvalue weighted by Gasteiger charge is 2.32. The largest absolute Gasteiger partial charge is 0.481 e. The molecule has 3 N–H and O–H groups in total. The summed E-state index contributed by atoms with van der Waals surface area (Å²) < 4.78 is 0. The molecule has 0 bridgehead atoms. The standard InChI is InChI=1S/C12H22N2O3/c1-2-3-9(13)8-11(15)14(10-4-5-10)7-6-12(16)17/h9-10H,2-8,13H2,1H3,(H,16,17). The molecule has 1 fully saturated rings. The summed E-state index contributed by atoms with van der Waals surface area (Å²) in [6.07, 6.45) is 4.15. The molecule has 0 spiro atoms. The number of carboxylic acid groups (broad SMARTS) is 1. The summed E-state index contributed by atoms with van der Waals surface area (Å²) in [5, 5.41) is 8.65. The third-order valence-electron chi connectivity index (χ3n) is 2.97. The maximum Gasteiger partial charge on any atom is 0.305 e. The lowest BCUT2D eigenvalue weighted by atomic mass is 10.1. The first-order valence-electron chi connectivity index (χ1n) is 6.31. The highest BCUT2D eigenvalue weighted by Crippen LogP contribution is 2.27. The third kappa shape index (κ3) is 5.17. The molecule has 1 aliphatic carbocycles. The molecule has 1 unspecified atom stereocenters. The molecule has 0 radical (unpaired) electrons. The van der Waals surface area contributed by atoms with E-state index in [9.17, 15) is 9.59 Å². The van der Waals surface area contributed by atoms with Crippen LogP contribution in [0.3, 0.4) is 0 Å². The van der Waals surface area contributed by atoms with Crippen LogP contribution in [0, 0.1) is 0 Å². The topological polar surface area (TPSA) is 83.6 Å². The SMILES string of the molecule is CCCC(N)CC(=O)N(CCC(=O)O)C1CC1. The number of hydrogen-bond donors (Lipinski definition) is 2. The van der Waals surface area contributed by atoms with Crippen molar-refractivity contribution in [2.24, 2.45) is 5.73 Å². The summed E-state index contributed by atoms with van der Waals surface area (Å²) in [4.78, 5) is 24.2. The maximum absolute atomic E-state index is 12.0. The van der Waals surface area contributed by atoms with E-state index in [1.165, 1.54) is 0 Å². The van der Waals surface area contributed by atoms with E-state index in [-0.39, 0.29) is 24.4 Å². The zero-order valence-electron chi connectivity index (χ0n) is 10.4. The first-order valence-corrected chi connectivity index (χ1v) is 6.31. The van der Waals surface area contributed by atoms with E-state index in [1.54, 1.807) is 4.90 Å². The lowest BCUT2D eigenvalue weighted by Gasteiger charge is -2.23. The fourth-order valence-corrected chi connectivity index (χ4v) is 1.93. The highest BCUT2D eigenvalue weighted by molar-refractivity contribution is 5.78. The summed E-state index contributed by atoms with van der Waals surface area (Å²) >= 11 is 0. The second-order valence-electron chi connectivity index (χ2n) is 4.71. The predicted molar refractivity (Wildman–Crippen MR) is 64.5 cm³/mol. The molecule has 0 aliphatic heterocycles. The average molecular weight is 242 g/mol. The van der Waals surface area contributed by atoms with Crippen LogP contribution in [0.4, 0.5) is 0 Å². The molecular formula is C12H22N2O3. The lowest BCUT2D eigenvalue weighted by Crippen LogP contribution is -2.38. The quantitative estimate of drug-likeness (QED) is 0.664. The molecule has 0 aromatic rings. The molecule has 5 heteroatoms. The number of amides is 1. The predicted octanol–water partition coefficient (Wildman–Crippen LogP) is 0.970. The average Bonchev–Trinajstić information content (AvgIpc) is 3.01. The minimum atomic E-state index is -0.860. The van der Waals surface area contributed by atoms with Gasteiger partial charge in [-0.25, -0.2) is 0 Å². The Morgan fingerprint density at radius 3 is 2.59 bits per heavy atom. The number of carbonyl (C=O) groups is 2. The normalized spacial score (nSPS) is 16.6. The zero-order valence-corrected chi connectivity index (χ0v) is 10.4. The summed E-state index contributed by atoms with van der Waals surface area (Å²) in [6.45, 7) is 2.35. The molecule has 0 saturated heterocycles. The Morgan fingerprint density at radius 2 is 2.12 bits per heavy atom. The van der Waals surface area contributed by atoms with E-state index in [0.717, 1.165) is 25.7 Å². The highest BCUT2D eigenvalue weighted by atomic mass is 16.4. The van der Waals surface area contributed by atoms with Crippen LogP contribution in [-0.4, -0.2) is 40.5 Å². The van der Waals surface area contributed by atoms with Gasteiger partial charge in [-0.1, -0.05) is 13.3 Å². The fraction of sp³-hybridized carbons (Fsp3) is 0.833. The Kier molecular flexibility index (Phi) is 5.41. The number of rotatable bonds is 8. The van der Waals surface area contributed by atoms with Crippen LogP contribution >= 0.6 is 0 Å². The van der Waals surface area contributed by atoms with Gasteiger partial charge in [0.05, 0.1) is 6.42 Å². The van der Waals surface area contributed by atoms with Crippen LogP contribution in [0.25, 0.3) is 0 Å². The van der Waals surface area contributed by atoms with Gasteiger partial charge in [0.25, 0.3) is 0 Å². The number of carboxylic acids is 1. The number of aliphatic carboxylic acids is 1. The van der Waals surface area contributed by atoms with Crippen molar-refractivity contribution in [2.75, 3.05) is 6.54 Å². The number of hydrogen-bond acceptors (Lipinski definition) is 3. The van der Waals surface area contributed by atoms with Crippen molar-refractivity contribution < 1.29 is 14.7 Å². The minimum absolute atomic E-state index is 0.00898. The van der Waals surface area contributed by atoms with Gasteiger partial charge >= 0.3 is 5.97 Å². The van der Waals surface area contributed by atoms with E-state index < -0.39 is 5.97 Å². The second-order valence-corrected chi connectivity index (χ2v) is 4.71. The van der Waals surface area contributed by atoms with Crippen LogP contribution in [0.5, 0.6) is 0 Å². The van der Waals surface area contributed by atoms with Crippen molar-refractivity contribution in [3.8, 4) is 0 Å². The molecular weight excluding hydrogens is 220 g/mol. The van der Waals surface area contributed by atoms with Crippen molar-refractivity contribution in [3.05, 3.63) is 0 Å². The van der Waals surface area contributed by atoms with E-state index in [1.807, 2.05) is 6.92 Å². The summed E-state index contributed by atoms with van der Waals surface area (Å²) in [5.74, 6) is -0.851. The Bertz CT molecular complexity index is 277. The van der Waals surface area contributed by atoms with Crippen molar-refractivity contribution in [1.29, 1.82) is 0 Å². The molecule has 0 aromatic heterocycles. The van der Waals surface area contributed by atoms with Gasteiger partial charge in [0.1, 0.15) is 0 Å². The fourth-order valence-electron chi connectivity index (χ4n) is 1.93. The van der Waals surface area contributed by atoms with Crippen molar-refractivity contribution in [1.82, 2.24) is 4.90 Å². The van der Waals surface area contributed by atoms with Gasteiger partial charge < -0.3 is 15.7 Å². The first kappa shape index (κ1) is 14.0. The molecule has 1 amide bonds. The van der Waals surface area contributed by atoms with Gasteiger partial charge in [0.2, 0.25) is 5.91 Å². The molecule has 1 atom stereocenters. The Labute approximate surface area is 102 Å². The van der Waals surface area contributed by atoms with E-state index in [2.05, 4.69) is 0 Å². The Hall–Kier alpha value is -1.10. The van der Waals surface area contributed by atoms with Crippen LogP contribution < -0.4 is 5.73 Å². The number of nitrogens with two attached hydrogens (primary N) is 1. The van der Waals surface area contributed by atoms with E-state index in [0.29, 0.717) is 13.0 Å². The van der Waals surface area contributed by atoms with Crippen molar-refractivity contribution >= 4 is 11.9 Å². The second kappa shape index (κ2) is 6.59. The van der Waals surface area contributed by atoms with Gasteiger partial charge in [0.15, 0.2) is 0 Å². The number of carbonyl (C=O) groups excluding carboxylic acids is 1. The van der Waals surface area contributed by atoms with Crippen molar-refractivity contribution in [3.63, 3.8) is 0 Å². The Morgan fingerprint density at radius 1 is 1.47 bits per heavy atom. The molecule has 1 saturated carbocycles. The van der Waals surface area contributed by atoms with Gasteiger partial charge in [-0.05, 0) is 19.3 Å². The molecule has 5 nitrogen and oxygen atoms in total. The van der Waals surface area contributed by atoms with Gasteiger partial charge in [-0.15, -0.1) is 0 Å². The van der Waals surface area contributed by atoms with Gasteiger partial charge in [-0.3, -0.25) is 9.59 Å². The lowest BCUT2D eigenvalue weighted by molar-refractivity contribution is -0.138. The molecule has 98 valence electrons. The minimum Gasteiger partial charge on any atom is -0.481 e. The van der Waals surface area contributed by atoms with Crippen LogP contribution in [0.1, 0.15) is 45.4 Å².